The summed E-state index contributed by atoms with van der Waals surface area (Å²) in [5.41, 5.74) is -1.04. The molecule has 6 heteroatoms. The molecule has 0 heterocycles. The minimum absolute atomic E-state index is 0.121. The molecule has 0 fully saturated rings. The van der Waals surface area contributed by atoms with Crippen LogP contribution in [0.1, 0.15) is 19.4 Å². The Morgan fingerprint density at radius 2 is 1.90 bits per heavy atom. The van der Waals surface area contributed by atoms with Crippen LogP contribution in [0.5, 0.6) is 0 Å². The molecule has 0 radical (unpaired) electrons. The van der Waals surface area contributed by atoms with Gasteiger partial charge in [0.25, 0.3) is 0 Å². The van der Waals surface area contributed by atoms with Gasteiger partial charge < -0.3 is 20.4 Å². The fourth-order valence-electron chi connectivity index (χ4n) is 1.81. The van der Waals surface area contributed by atoms with Crippen LogP contribution in [0, 0.1) is 0 Å². The highest BCUT2D eigenvalue weighted by Crippen LogP contribution is 2.21. The van der Waals surface area contributed by atoms with E-state index < -0.39 is 23.6 Å². The summed E-state index contributed by atoms with van der Waals surface area (Å²) < 4.78 is 0. The maximum absolute atomic E-state index is 12.0. The summed E-state index contributed by atoms with van der Waals surface area (Å²) in [6.07, 6.45) is -0.682. The molecule has 0 aliphatic carbocycles. The van der Waals surface area contributed by atoms with E-state index in [1.165, 1.54) is 18.9 Å². The summed E-state index contributed by atoms with van der Waals surface area (Å²) >= 11 is 0. The summed E-state index contributed by atoms with van der Waals surface area (Å²) in [7, 11) is 1.50. The second kappa shape index (κ2) is 6.38. The van der Waals surface area contributed by atoms with Crippen molar-refractivity contribution in [2.45, 2.75) is 25.5 Å². The normalized spacial score (nSPS) is 15.0. The second-order valence-corrected chi connectivity index (χ2v) is 4.96. The van der Waals surface area contributed by atoms with Crippen LogP contribution in [-0.2, 0) is 10.3 Å². The largest absolute Gasteiger partial charge is 0.479 e. The number of nitrogens with one attached hydrogen (secondary N) is 1. The van der Waals surface area contributed by atoms with E-state index in [0.717, 1.165) is 0 Å². The Bertz CT molecular complexity index is 475. The molecule has 1 aromatic carbocycles. The van der Waals surface area contributed by atoms with Crippen LogP contribution in [0.4, 0.5) is 4.79 Å². The SMILES string of the molecule is CC(O)CN(C)C(=O)NC(C)(C(=O)O)c1ccccc1. The molecule has 2 unspecified atom stereocenters. The Hall–Kier alpha value is -2.08. The third-order valence-electron chi connectivity index (χ3n) is 3.02. The van der Waals surface area contributed by atoms with E-state index in [4.69, 9.17) is 0 Å². The molecule has 0 saturated carbocycles. The fraction of sp³-hybridized carbons (Fsp3) is 0.429. The van der Waals surface area contributed by atoms with Crippen molar-refractivity contribution in [2.75, 3.05) is 13.6 Å². The number of carbonyl (C=O) groups is 2. The molecule has 110 valence electrons. The Balaban J connectivity index is 2.94. The molecule has 0 aliphatic heterocycles. The zero-order chi connectivity index (χ0) is 15.3. The molecule has 20 heavy (non-hydrogen) atoms. The lowest BCUT2D eigenvalue weighted by Gasteiger charge is -2.30. The third kappa shape index (κ3) is 3.71. The van der Waals surface area contributed by atoms with Crippen LogP contribution in [-0.4, -0.2) is 46.8 Å². The zero-order valence-electron chi connectivity index (χ0n) is 11.8. The van der Waals surface area contributed by atoms with Crippen LogP contribution in [0.2, 0.25) is 0 Å². The number of carboxylic acid groups (broad SMARTS) is 1. The van der Waals surface area contributed by atoms with Gasteiger partial charge in [0.15, 0.2) is 5.54 Å². The lowest BCUT2D eigenvalue weighted by atomic mass is 9.92. The van der Waals surface area contributed by atoms with E-state index in [9.17, 15) is 19.8 Å². The first-order valence-corrected chi connectivity index (χ1v) is 6.27. The van der Waals surface area contributed by atoms with Crippen molar-refractivity contribution < 1.29 is 19.8 Å². The van der Waals surface area contributed by atoms with Crippen molar-refractivity contribution in [2.24, 2.45) is 0 Å². The highest BCUT2D eigenvalue weighted by molar-refractivity contribution is 5.87. The molecule has 0 aliphatic rings. The molecule has 0 aromatic heterocycles. The van der Waals surface area contributed by atoms with Crippen molar-refractivity contribution in [3.05, 3.63) is 35.9 Å². The van der Waals surface area contributed by atoms with Gasteiger partial charge in [-0.25, -0.2) is 9.59 Å². The van der Waals surface area contributed by atoms with E-state index >= 15 is 0 Å². The van der Waals surface area contributed by atoms with Gasteiger partial charge in [-0.1, -0.05) is 30.3 Å². The number of urea groups is 1. The Morgan fingerprint density at radius 1 is 1.35 bits per heavy atom. The highest BCUT2D eigenvalue weighted by atomic mass is 16.4. The predicted molar refractivity (Wildman–Crippen MR) is 74.3 cm³/mol. The summed E-state index contributed by atoms with van der Waals surface area (Å²) in [5, 5.41) is 21.2. The molecule has 3 N–H and O–H groups in total. The van der Waals surface area contributed by atoms with E-state index in [1.807, 2.05) is 0 Å². The Morgan fingerprint density at radius 3 is 2.35 bits per heavy atom. The van der Waals surface area contributed by atoms with Crippen LogP contribution < -0.4 is 5.32 Å². The van der Waals surface area contributed by atoms with Crippen molar-refractivity contribution in [1.82, 2.24) is 10.2 Å². The summed E-state index contributed by atoms with van der Waals surface area (Å²) in [6.45, 7) is 3.10. The maximum Gasteiger partial charge on any atom is 0.333 e. The molecule has 0 spiro atoms. The topological polar surface area (TPSA) is 89.9 Å². The van der Waals surface area contributed by atoms with E-state index in [0.29, 0.717) is 5.56 Å². The minimum Gasteiger partial charge on any atom is -0.479 e. The molecule has 2 amide bonds. The highest BCUT2D eigenvalue weighted by Gasteiger charge is 2.37. The summed E-state index contributed by atoms with van der Waals surface area (Å²) in [4.78, 5) is 24.8. The Labute approximate surface area is 118 Å². The van der Waals surface area contributed by atoms with E-state index in [-0.39, 0.29) is 6.54 Å². The third-order valence-corrected chi connectivity index (χ3v) is 3.02. The van der Waals surface area contributed by atoms with Crippen molar-refractivity contribution in [3.63, 3.8) is 0 Å². The number of amides is 2. The standard InChI is InChI=1S/C14H20N2O4/c1-10(17)9-16(3)13(20)15-14(2,12(18)19)11-7-5-4-6-8-11/h4-8,10,17H,9H2,1-3H3,(H,15,20)(H,18,19). The van der Waals surface area contributed by atoms with Gasteiger partial charge in [-0.15, -0.1) is 0 Å². The number of rotatable bonds is 5. The van der Waals surface area contributed by atoms with Crippen LogP contribution in [0.3, 0.4) is 0 Å². The van der Waals surface area contributed by atoms with Crippen molar-refractivity contribution >= 4 is 12.0 Å². The molecule has 2 atom stereocenters. The molecular weight excluding hydrogens is 260 g/mol. The number of carbonyl (C=O) groups excluding carboxylic acids is 1. The van der Waals surface area contributed by atoms with Gasteiger partial charge in [-0.05, 0) is 19.4 Å². The number of aliphatic hydroxyl groups excluding tert-OH is 1. The zero-order valence-corrected chi connectivity index (χ0v) is 11.8. The van der Waals surface area contributed by atoms with Crippen molar-refractivity contribution in [1.29, 1.82) is 0 Å². The minimum atomic E-state index is -1.52. The Kier molecular flexibility index (Phi) is 5.10. The molecule has 0 saturated heterocycles. The number of carboxylic acids is 1. The lowest BCUT2D eigenvalue weighted by molar-refractivity contribution is -0.144. The average molecular weight is 280 g/mol. The lowest BCUT2D eigenvalue weighted by Crippen LogP contribution is -2.54. The predicted octanol–water partition coefficient (Wildman–Crippen LogP) is 1.01. The van der Waals surface area contributed by atoms with Crippen LogP contribution >= 0.6 is 0 Å². The number of benzene rings is 1. The molecule has 6 nitrogen and oxygen atoms in total. The monoisotopic (exact) mass is 280 g/mol. The average Bonchev–Trinajstić information content (AvgIpc) is 2.38. The first kappa shape index (κ1) is 16.0. The van der Waals surface area contributed by atoms with Gasteiger partial charge in [0.2, 0.25) is 0 Å². The molecule has 0 bridgehead atoms. The molecule has 1 aromatic rings. The first-order chi connectivity index (χ1) is 9.27. The number of aliphatic hydroxyl groups is 1. The number of likely N-dealkylation sites (N-methyl/N-ethyl adjacent to an activating group) is 1. The van der Waals surface area contributed by atoms with Crippen molar-refractivity contribution in [3.8, 4) is 0 Å². The van der Waals surface area contributed by atoms with E-state index in [1.54, 1.807) is 37.3 Å². The smallest absolute Gasteiger partial charge is 0.333 e. The van der Waals surface area contributed by atoms with E-state index in [2.05, 4.69) is 5.32 Å². The fourth-order valence-corrected chi connectivity index (χ4v) is 1.81. The number of hydrogen-bond acceptors (Lipinski definition) is 3. The first-order valence-electron chi connectivity index (χ1n) is 6.27. The number of nitrogens with zero attached hydrogens (tertiary/aromatic N) is 1. The van der Waals surface area contributed by atoms with Gasteiger partial charge in [-0.2, -0.15) is 0 Å². The van der Waals surface area contributed by atoms with Gasteiger partial charge in [-0.3, -0.25) is 0 Å². The summed E-state index contributed by atoms with van der Waals surface area (Å²) in [6, 6.07) is 7.92. The second-order valence-electron chi connectivity index (χ2n) is 4.96. The van der Waals surface area contributed by atoms with Crippen LogP contribution in [0.15, 0.2) is 30.3 Å². The van der Waals surface area contributed by atoms with Crippen LogP contribution in [0.25, 0.3) is 0 Å². The quantitative estimate of drug-likeness (QED) is 0.751. The van der Waals surface area contributed by atoms with Gasteiger partial charge in [0, 0.05) is 13.6 Å². The van der Waals surface area contributed by atoms with Gasteiger partial charge in [0.05, 0.1) is 6.10 Å². The molecular formula is C14H20N2O4. The summed E-state index contributed by atoms with van der Waals surface area (Å²) in [5.74, 6) is -1.15. The van der Waals surface area contributed by atoms with Gasteiger partial charge in [0.1, 0.15) is 0 Å². The van der Waals surface area contributed by atoms with Gasteiger partial charge >= 0.3 is 12.0 Å². The number of hydrogen-bond donors (Lipinski definition) is 3. The number of aliphatic carboxylic acids is 1. The molecule has 1 rings (SSSR count). The maximum atomic E-state index is 12.0.